The van der Waals surface area contributed by atoms with Crippen LogP contribution in [0, 0.1) is 0 Å². The van der Waals surface area contributed by atoms with Crippen molar-refractivity contribution in [1.82, 2.24) is 4.90 Å². The average Bonchev–Trinajstić information content (AvgIpc) is 3.40. The standard InChI is InChI=1S/C31H39NOSi/c1-4-34(5-2,6-3)25-30(33)29-23-16-24-32(29)31(26-17-10-7-11-18-26,27-19-12-8-13-20-27)28-21-14-9-15-22-28/h7-15,17-22,29H,4-6,16,23-25H2,1-3H3. The summed E-state index contributed by atoms with van der Waals surface area (Å²) in [5.74, 6) is 0.474. The molecule has 1 atom stereocenters. The summed E-state index contributed by atoms with van der Waals surface area (Å²) in [6, 6.07) is 36.8. The molecule has 0 saturated carbocycles. The molecule has 0 radical (unpaired) electrons. The number of hydrogen-bond donors (Lipinski definition) is 0. The van der Waals surface area contributed by atoms with Gasteiger partial charge in [-0.25, -0.2) is 0 Å². The molecular weight excluding hydrogens is 430 g/mol. The van der Waals surface area contributed by atoms with E-state index in [1.807, 2.05) is 0 Å². The lowest BCUT2D eigenvalue weighted by atomic mass is 9.75. The number of Topliss-reactive ketones (excluding diaryl/α,β-unsaturated/α-hetero) is 1. The fourth-order valence-corrected chi connectivity index (χ4v) is 9.38. The summed E-state index contributed by atoms with van der Waals surface area (Å²) < 4.78 is 0. The summed E-state index contributed by atoms with van der Waals surface area (Å²) in [6.07, 6.45) is 2.01. The maximum absolute atomic E-state index is 14.1. The number of nitrogens with zero attached hydrogens (tertiary/aromatic N) is 1. The van der Waals surface area contributed by atoms with Crippen molar-refractivity contribution in [3.8, 4) is 0 Å². The van der Waals surface area contributed by atoms with Gasteiger partial charge in [-0.3, -0.25) is 9.69 Å². The molecule has 3 aromatic rings. The van der Waals surface area contributed by atoms with E-state index in [9.17, 15) is 4.79 Å². The molecule has 1 unspecified atom stereocenters. The van der Waals surface area contributed by atoms with E-state index >= 15 is 0 Å². The third-order valence-corrected chi connectivity index (χ3v) is 14.0. The zero-order chi connectivity index (χ0) is 24.0. The topological polar surface area (TPSA) is 20.3 Å². The monoisotopic (exact) mass is 469 g/mol. The van der Waals surface area contributed by atoms with Crippen LogP contribution in [0.2, 0.25) is 24.2 Å². The van der Waals surface area contributed by atoms with Crippen LogP contribution in [0.5, 0.6) is 0 Å². The minimum atomic E-state index is -1.55. The van der Waals surface area contributed by atoms with Crippen molar-refractivity contribution in [2.45, 2.75) is 69.4 Å². The van der Waals surface area contributed by atoms with Crippen LogP contribution in [0.25, 0.3) is 0 Å². The van der Waals surface area contributed by atoms with Gasteiger partial charge in [0.25, 0.3) is 0 Å². The molecule has 1 aliphatic heterocycles. The van der Waals surface area contributed by atoms with Crippen molar-refractivity contribution >= 4 is 13.9 Å². The van der Waals surface area contributed by atoms with Gasteiger partial charge in [0.2, 0.25) is 0 Å². The normalized spacial score (nSPS) is 17.1. The number of benzene rings is 3. The zero-order valence-electron chi connectivity index (χ0n) is 21.0. The largest absolute Gasteiger partial charge is 0.298 e. The fourth-order valence-electron chi connectivity index (χ4n) is 6.15. The molecule has 2 nitrogen and oxygen atoms in total. The van der Waals surface area contributed by atoms with Gasteiger partial charge in [-0.15, -0.1) is 0 Å². The number of carbonyl (C=O) groups excluding carboxylic acids is 1. The van der Waals surface area contributed by atoms with E-state index in [4.69, 9.17) is 0 Å². The summed E-state index contributed by atoms with van der Waals surface area (Å²) in [6.45, 7) is 7.84. The lowest BCUT2D eigenvalue weighted by molar-refractivity contribution is -0.122. The van der Waals surface area contributed by atoms with Gasteiger partial charge in [0.1, 0.15) is 5.78 Å². The van der Waals surface area contributed by atoms with Crippen LogP contribution in [0.3, 0.4) is 0 Å². The van der Waals surface area contributed by atoms with Crippen LogP contribution in [-0.2, 0) is 10.3 Å². The Hall–Kier alpha value is -2.49. The van der Waals surface area contributed by atoms with Crippen molar-refractivity contribution in [2.24, 2.45) is 0 Å². The Labute approximate surface area is 207 Å². The van der Waals surface area contributed by atoms with Crippen LogP contribution in [0.4, 0.5) is 0 Å². The van der Waals surface area contributed by atoms with E-state index in [2.05, 4.69) is 117 Å². The minimum Gasteiger partial charge on any atom is -0.298 e. The van der Waals surface area contributed by atoms with E-state index in [0.29, 0.717) is 5.78 Å². The van der Waals surface area contributed by atoms with Gasteiger partial charge in [-0.2, -0.15) is 0 Å². The Morgan fingerprint density at radius 2 is 1.18 bits per heavy atom. The first-order valence-electron chi connectivity index (χ1n) is 13.1. The molecule has 1 heterocycles. The van der Waals surface area contributed by atoms with Crippen LogP contribution in [0.15, 0.2) is 91.0 Å². The van der Waals surface area contributed by atoms with Gasteiger partial charge in [0.15, 0.2) is 0 Å². The highest BCUT2D eigenvalue weighted by molar-refractivity contribution is 6.82. The molecule has 4 rings (SSSR count). The van der Waals surface area contributed by atoms with Gasteiger partial charge in [0, 0.05) is 12.6 Å². The number of likely N-dealkylation sites (tertiary alicyclic amines) is 1. The molecule has 1 aliphatic rings. The summed E-state index contributed by atoms with van der Waals surface area (Å²) in [5.41, 5.74) is 3.21. The van der Waals surface area contributed by atoms with Gasteiger partial charge >= 0.3 is 0 Å². The maximum atomic E-state index is 14.1. The summed E-state index contributed by atoms with van der Waals surface area (Å²) in [7, 11) is -1.55. The number of hydrogen-bond acceptors (Lipinski definition) is 2. The molecule has 0 N–H and O–H groups in total. The summed E-state index contributed by atoms with van der Waals surface area (Å²) in [4.78, 5) is 16.6. The Kier molecular flexibility index (Phi) is 7.85. The number of carbonyl (C=O) groups is 1. The second kappa shape index (κ2) is 10.8. The van der Waals surface area contributed by atoms with E-state index in [1.165, 1.54) is 34.8 Å². The minimum absolute atomic E-state index is 0.0443. The van der Waals surface area contributed by atoms with Crippen LogP contribution < -0.4 is 0 Å². The van der Waals surface area contributed by atoms with E-state index in [0.717, 1.165) is 25.4 Å². The highest BCUT2D eigenvalue weighted by Gasteiger charge is 2.49. The highest BCUT2D eigenvalue weighted by atomic mass is 28.3. The number of rotatable bonds is 10. The smallest absolute Gasteiger partial charge is 0.147 e. The zero-order valence-corrected chi connectivity index (χ0v) is 22.0. The summed E-state index contributed by atoms with van der Waals surface area (Å²) >= 11 is 0. The molecule has 34 heavy (non-hydrogen) atoms. The average molecular weight is 470 g/mol. The second-order valence-corrected chi connectivity index (χ2v) is 15.3. The molecular formula is C31H39NOSi. The molecule has 3 aromatic carbocycles. The Bertz CT molecular complexity index is 942. The maximum Gasteiger partial charge on any atom is 0.147 e. The Morgan fingerprint density at radius 1 is 0.765 bits per heavy atom. The van der Waals surface area contributed by atoms with E-state index in [1.54, 1.807) is 0 Å². The molecule has 178 valence electrons. The molecule has 0 aliphatic carbocycles. The molecule has 0 aromatic heterocycles. The molecule has 1 saturated heterocycles. The van der Waals surface area contributed by atoms with Gasteiger partial charge in [-0.1, -0.05) is 130 Å². The van der Waals surface area contributed by atoms with E-state index < -0.39 is 13.6 Å². The van der Waals surface area contributed by atoms with Crippen molar-refractivity contribution in [3.05, 3.63) is 108 Å². The SMILES string of the molecule is CC[Si](CC)(CC)CC(=O)C1CCCN1C(c1ccccc1)(c1ccccc1)c1ccccc1. The predicted octanol–water partition coefficient (Wildman–Crippen LogP) is 7.52. The highest BCUT2D eigenvalue weighted by Crippen LogP contribution is 2.46. The molecule has 0 spiro atoms. The van der Waals surface area contributed by atoms with Crippen molar-refractivity contribution in [1.29, 1.82) is 0 Å². The van der Waals surface area contributed by atoms with Gasteiger partial charge < -0.3 is 0 Å². The van der Waals surface area contributed by atoms with Crippen molar-refractivity contribution < 1.29 is 4.79 Å². The summed E-state index contributed by atoms with van der Waals surface area (Å²) in [5, 5.41) is 0. The third-order valence-electron chi connectivity index (χ3n) is 8.43. The Balaban J connectivity index is 1.89. The first-order chi connectivity index (χ1) is 16.6. The van der Waals surface area contributed by atoms with Gasteiger partial charge in [0.05, 0.1) is 19.7 Å². The molecule has 0 bridgehead atoms. The Morgan fingerprint density at radius 3 is 1.56 bits per heavy atom. The lowest BCUT2D eigenvalue weighted by Gasteiger charge is -2.46. The quantitative estimate of drug-likeness (QED) is 0.226. The predicted molar refractivity (Wildman–Crippen MR) is 146 cm³/mol. The lowest BCUT2D eigenvalue weighted by Crippen LogP contribution is -2.53. The van der Waals surface area contributed by atoms with Gasteiger partial charge in [-0.05, 0) is 29.5 Å². The third kappa shape index (κ3) is 4.44. The number of ketones is 1. The van der Waals surface area contributed by atoms with Crippen molar-refractivity contribution in [3.63, 3.8) is 0 Å². The molecule has 0 amide bonds. The first-order valence-corrected chi connectivity index (χ1v) is 15.9. The first kappa shape index (κ1) is 24.6. The second-order valence-electron chi connectivity index (χ2n) is 9.86. The van der Waals surface area contributed by atoms with Crippen LogP contribution in [0.1, 0.15) is 50.3 Å². The molecule has 3 heteroatoms. The van der Waals surface area contributed by atoms with Crippen LogP contribution in [-0.4, -0.2) is 31.3 Å². The van der Waals surface area contributed by atoms with E-state index in [-0.39, 0.29) is 6.04 Å². The molecule has 1 fully saturated rings. The van der Waals surface area contributed by atoms with Crippen molar-refractivity contribution in [2.75, 3.05) is 6.54 Å². The fraction of sp³-hybridized carbons (Fsp3) is 0.387. The van der Waals surface area contributed by atoms with Crippen LogP contribution >= 0.6 is 0 Å².